The third-order valence-corrected chi connectivity index (χ3v) is 6.83. The first-order chi connectivity index (χ1) is 15.8. The Morgan fingerprint density at radius 3 is 2.64 bits per heavy atom. The zero-order valence-corrected chi connectivity index (χ0v) is 17.7. The summed E-state index contributed by atoms with van der Waals surface area (Å²) >= 11 is 0. The van der Waals surface area contributed by atoms with Gasteiger partial charge in [-0.05, 0) is 48.7 Å². The third-order valence-electron chi connectivity index (χ3n) is 6.83. The van der Waals surface area contributed by atoms with Gasteiger partial charge in [0, 0.05) is 54.5 Å². The van der Waals surface area contributed by atoms with Gasteiger partial charge in [-0.25, -0.2) is 0 Å². The summed E-state index contributed by atoms with van der Waals surface area (Å²) in [5.41, 5.74) is 3.79. The summed E-state index contributed by atoms with van der Waals surface area (Å²) < 4.78 is 41.9. The third kappa shape index (κ3) is 3.18. The van der Waals surface area contributed by atoms with Gasteiger partial charge >= 0.3 is 6.18 Å². The zero-order chi connectivity index (χ0) is 22.9. The lowest BCUT2D eigenvalue weighted by molar-refractivity contribution is -0.141. The van der Waals surface area contributed by atoms with E-state index in [1.807, 2.05) is 12.1 Å². The maximum absolute atomic E-state index is 12.9. The number of rotatable bonds is 2. The molecule has 1 N–H and O–H groups in total. The fourth-order valence-electron chi connectivity index (χ4n) is 5.22. The molecule has 168 valence electrons. The van der Waals surface area contributed by atoms with Crippen LogP contribution in [-0.4, -0.2) is 25.4 Å². The number of fused-ring (bicyclic) bond motifs is 6. The van der Waals surface area contributed by atoms with Crippen LogP contribution in [0.1, 0.15) is 35.8 Å². The largest absolute Gasteiger partial charge is 0.435 e. The SMILES string of the molecule is Cn1c2c(c3ccc(-n4ccc(-c5ccc(C(F)(F)F)nn5)cc4=O)cc31)C1CCC(C2)N1. The summed E-state index contributed by atoms with van der Waals surface area (Å²) in [5, 5.41) is 11.8. The molecule has 2 atom stereocenters. The molecular weight excluding hydrogens is 431 g/mol. The Morgan fingerprint density at radius 1 is 1.06 bits per heavy atom. The van der Waals surface area contributed by atoms with Crippen LogP contribution in [0.4, 0.5) is 13.2 Å². The Hall–Kier alpha value is -3.46. The van der Waals surface area contributed by atoms with Gasteiger partial charge in [-0.2, -0.15) is 13.2 Å². The van der Waals surface area contributed by atoms with Crippen molar-refractivity contribution in [1.82, 2.24) is 24.6 Å². The molecule has 0 spiro atoms. The first kappa shape index (κ1) is 20.2. The van der Waals surface area contributed by atoms with Crippen LogP contribution < -0.4 is 10.9 Å². The van der Waals surface area contributed by atoms with E-state index in [1.54, 1.807) is 12.3 Å². The summed E-state index contributed by atoms with van der Waals surface area (Å²) in [5.74, 6) is 0. The van der Waals surface area contributed by atoms with E-state index in [9.17, 15) is 18.0 Å². The number of alkyl halides is 3. The van der Waals surface area contributed by atoms with Crippen molar-refractivity contribution >= 4 is 10.9 Å². The molecule has 0 aliphatic carbocycles. The quantitative estimate of drug-likeness (QED) is 0.497. The number of nitrogens with one attached hydrogen (secondary N) is 1. The van der Waals surface area contributed by atoms with Crippen LogP contribution in [0, 0.1) is 0 Å². The Balaban J connectivity index is 1.38. The van der Waals surface area contributed by atoms with Crippen molar-refractivity contribution in [3.05, 3.63) is 76.0 Å². The van der Waals surface area contributed by atoms with E-state index in [0.717, 1.165) is 30.1 Å². The predicted octanol–water partition coefficient (Wildman–Crippen LogP) is 4.15. The number of halogens is 3. The van der Waals surface area contributed by atoms with Gasteiger partial charge in [0.2, 0.25) is 0 Å². The maximum atomic E-state index is 12.9. The highest BCUT2D eigenvalue weighted by atomic mass is 19.4. The van der Waals surface area contributed by atoms with Gasteiger partial charge in [-0.1, -0.05) is 6.07 Å². The van der Waals surface area contributed by atoms with E-state index in [4.69, 9.17) is 0 Å². The lowest BCUT2D eigenvalue weighted by Gasteiger charge is -2.23. The van der Waals surface area contributed by atoms with Crippen LogP contribution in [0.2, 0.25) is 0 Å². The molecule has 1 aromatic carbocycles. The highest BCUT2D eigenvalue weighted by Gasteiger charge is 2.36. The fraction of sp³-hybridized carbons (Fsp3) is 0.292. The van der Waals surface area contributed by atoms with Crippen molar-refractivity contribution in [2.45, 2.75) is 37.5 Å². The first-order valence-corrected chi connectivity index (χ1v) is 10.8. The molecular formula is C24H20F3N5O. The maximum Gasteiger partial charge on any atom is 0.435 e. The molecule has 5 heterocycles. The van der Waals surface area contributed by atoms with Crippen LogP contribution in [0.3, 0.4) is 0 Å². The van der Waals surface area contributed by atoms with Crippen molar-refractivity contribution in [3.63, 3.8) is 0 Å². The van der Waals surface area contributed by atoms with Crippen molar-refractivity contribution < 1.29 is 13.2 Å². The molecule has 2 bridgehead atoms. The van der Waals surface area contributed by atoms with Crippen LogP contribution >= 0.6 is 0 Å². The average molecular weight is 451 g/mol. The highest BCUT2D eigenvalue weighted by molar-refractivity contribution is 5.88. The van der Waals surface area contributed by atoms with Crippen LogP contribution in [0.5, 0.6) is 0 Å². The molecule has 2 aliphatic rings. The molecule has 0 amide bonds. The van der Waals surface area contributed by atoms with E-state index in [2.05, 4.69) is 33.2 Å². The summed E-state index contributed by atoms with van der Waals surface area (Å²) in [6, 6.07) is 12.0. The fourth-order valence-corrected chi connectivity index (χ4v) is 5.22. The van der Waals surface area contributed by atoms with E-state index in [0.29, 0.717) is 17.6 Å². The summed E-state index contributed by atoms with van der Waals surface area (Å²) in [7, 11) is 2.07. The van der Waals surface area contributed by atoms with Gasteiger partial charge in [-0.15, -0.1) is 10.2 Å². The summed E-state index contributed by atoms with van der Waals surface area (Å²) in [6.45, 7) is 0. The number of aromatic nitrogens is 4. The molecule has 33 heavy (non-hydrogen) atoms. The molecule has 2 unspecified atom stereocenters. The van der Waals surface area contributed by atoms with E-state index < -0.39 is 11.9 Å². The number of pyridine rings is 1. The molecule has 3 aromatic heterocycles. The summed E-state index contributed by atoms with van der Waals surface area (Å²) in [4.78, 5) is 12.9. The second kappa shape index (κ2) is 7.02. The topological polar surface area (TPSA) is 64.7 Å². The van der Waals surface area contributed by atoms with E-state index in [-0.39, 0.29) is 11.3 Å². The van der Waals surface area contributed by atoms with Gasteiger partial charge in [-0.3, -0.25) is 9.36 Å². The number of hydrogen-bond donors (Lipinski definition) is 1. The lowest BCUT2D eigenvalue weighted by atomic mass is 9.99. The minimum absolute atomic E-state index is 0.209. The van der Waals surface area contributed by atoms with Gasteiger partial charge < -0.3 is 9.88 Å². The monoisotopic (exact) mass is 451 g/mol. The number of aryl methyl sites for hydroxylation is 1. The second-order valence-corrected chi connectivity index (χ2v) is 8.74. The van der Waals surface area contributed by atoms with Crippen molar-refractivity contribution in [2.75, 3.05) is 0 Å². The summed E-state index contributed by atoms with van der Waals surface area (Å²) in [6.07, 6.45) is 0.412. The predicted molar refractivity (Wildman–Crippen MR) is 117 cm³/mol. The Kier molecular flexibility index (Phi) is 4.29. The minimum atomic E-state index is -4.56. The average Bonchev–Trinajstić information content (AvgIpc) is 3.31. The van der Waals surface area contributed by atoms with Gasteiger partial charge in [0.25, 0.3) is 5.56 Å². The van der Waals surface area contributed by atoms with Gasteiger partial charge in [0.15, 0.2) is 5.69 Å². The Labute approximate surface area is 186 Å². The molecule has 9 heteroatoms. The standard InChI is InChI=1S/C24H20F3N5O/c1-31-19-12-15(3-4-16(19)23-18-5-2-14(28-18)11-20(23)31)32-9-8-13(10-22(32)33)17-6-7-21(30-29-17)24(25,26)27/h3-4,6-10,12,14,18,28H,2,5,11H2,1H3. The normalized spacial score (nSPS) is 19.8. The molecule has 4 aromatic rings. The van der Waals surface area contributed by atoms with Crippen LogP contribution in [0.25, 0.3) is 27.8 Å². The molecule has 6 nitrogen and oxygen atoms in total. The zero-order valence-electron chi connectivity index (χ0n) is 17.7. The number of benzene rings is 1. The Morgan fingerprint density at radius 2 is 1.91 bits per heavy atom. The first-order valence-electron chi connectivity index (χ1n) is 10.8. The second-order valence-electron chi connectivity index (χ2n) is 8.74. The lowest BCUT2D eigenvalue weighted by Crippen LogP contribution is -2.32. The molecule has 6 rings (SSSR count). The Bertz CT molecular complexity index is 1450. The molecule has 0 saturated carbocycles. The minimum Gasteiger partial charge on any atom is -0.347 e. The molecule has 0 radical (unpaired) electrons. The van der Waals surface area contributed by atoms with Crippen LogP contribution in [0.15, 0.2) is 53.5 Å². The van der Waals surface area contributed by atoms with Gasteiger partial charge in [0.05, 0.1) is 16.9 Å². The van der Waals surface area contributed by atoms with Crippen molar-refractivity contribution in [2.24, 2.45) is 7.05 Å². The number of nitrogens with zero attached hydrogens (tertiary/aromatic N) is 4. The molecule has 2 aliphatic heterocycles. The highest BCUT2D eigenvalue weighted by Crippen LogP contribution is 2.41. The smallest absolute Gasteiger partial charge is 0.347 e. The molecule has 1 fully saturated rings. The van der Waals surface area contributed by atoms with E-state index >= 15 is 0 Å². The van der Waals surface area contributed by atoms with Crippen molar-refractivity contribution in [3.8, 4) is 16.9 Å². The van der Waals surface area contributed by atoms with Gasteiger partial charge in [0.1, 0.15) is 0 Å². The van der Waals surface area contributed by atoms with Crippen LogP contribution in [-0.2, 0) is 19.6 Å². The van der Waals surface area contributed by atoms with Crippen molar-refractivity contribution in [1.29, 1.82) is 0 Å². The van der Waals surface area contributed by atoms with E-state index in [1.165, 1.54) is 39.8 Å². The molecule has 1 saturated heterocycles. The number of hydrogen-bond acceptors (Lipinski definition) is 4.